The number of nitrogens with zero attached hydrogens (tertiary/aromatic N) is 4. The van der Waals surface area contributed by atoms with Crippen LogP contribution in [-0.2, 0) is 11.2 Å². The van der Waals surface area contributed by atoms with Gasteiger partial charge in [0.2, 0.25) is 5.91 Å². The summed E-state index contributed by atoms with van der Waals surface area (Å²) < 4.78 is 7.02. The molecule has 0 saturated heterocycles. The number of rotatable bonds is 3. The summed E-state index contributed by atoms with van der Waals surface area (Å²) in [7, 11) is 0. The smallest absolute Gasteiger partial charge is 0.234 e. The lowest BCUT2D eigenvalue weighted by Gasteiger charge is -2.36. The molecule has 1 aliphatic heterocycles. The summed E-state index contributed by atoms with van der Waals surface area (Å²) in [4.78, 5) is 19.3. The molecule has 3 aromatic heterocycles. The molecule has 6 nitrogen and oxygen atoms in total. The normalized spacial score (nSPS) is 20.2. The lowest BCUT2D eigenvalue weighted by Crippen LogP contribution is -2.45. The third kappa shape index (κ3) is 2.54. The van der Waals surface area contributed by atoms with Crippen LogP contribution in [0.3, 0.4) is 0 Å². The van der Waals surface area contributed by atoms with Gasteiger partial charge in [-0.3, -0.25) is 9.69 Å². The van der Waals surface area contributed by atoms with Gasteiger partial charge in [-0.05, 0) is 26.3 Å². The van der Waals surface area contributed by atoms with Crippen LogP contribution in [0.4, 0.5) is 5.82 Å². The zero-order valence-electron chi connectivity index (χ0n) is 13.5. The summed E-state index contributed by atoms with van der Waals surface area (Å²) in [6.07, 6.45) is 6.23. The lowest BCUT2D eigenvalue weighted by atomic mass is 10.0. The molecule has 2 atom stereocenters. The Morgan fingerprint density at radius 2 is 2.25 bits per heavy atom. The fourth-order valence-electron chi connectivity index (χ4n) is 3.28. The number of hydrogen-bond acceptors (Lipinski definition) is 5. The lowest BCUT2D eigenvalue weighted by molar-refractivity contribution is -0.118. The van der Waals surface area contributed by atoms with Gasteiger partial charge in [0.05, 0.1) is 30.6 Å². The van der Waals surface area contributed by atoms with Crippen LogP contribution < -0.4 is 4.90 Å². The Hall–Kier alpha value is -2.41. The predicted octanol–water partition coefficient (Wildman–Crippen LogP) is 3.53. The van der Waals surface area contributed by atoms with Gasteiger partial charge in [-0.2, -0.15) is 5.10 Å². The first-order valence-electron chi connectivity index (χ1n) is 7.96. The predicted molar refractivity (Wildman–Crippen MR) is 92.0 cm³/mol. The Balaban J connectivity index is 1.56. The number of fused-ring (bicyclic) bond motifs is 1. The molecule has 0 fully saturated rings. The number of anilines is 1. The molecule has 3 aromatic rings. The van der Waals surface area contributed by atoms with Gasteiger partial charge >= 0.3 is 0 Å². The average Bonchev–Trinajstić information content (AvgIpc) is 3.28. The standard InChI is InChI=1S/C17H18N4O2S/c1-11-7-12(2)21-15(3-5-18-21)20(11)16(22)8-14-10-24-17(19-14)13-4-6-23-9-13/h3-6,9-12H,7-8H2,1-2H3/t11-,12+/m0/s1. The molecule has 4 heterocycles. The molecule has 0 spiro atoms. The highest BCUT2D eigenvalue weighted by Gasteiger charge is 2.32. The quantitative estimate of drug-likeness (QED) is 0.730. The molecule has 0 aromatic carbocycles. The van der Waals surface area contributed by atoms with E-state index in [9.17, 15) is 4.79 Å². The summed E-state index contributed by atoms with van der Waals surface area (Å²) >= 11 is 1.52. The van der Waals surface area contributed by atoms with Crippen molar-refractivity contribution in [1.29, 1.82) is 0 Å². The number of amides is 1. The zero-order valence-corrected chi connectivity index (χ0v) is 14.4. The molecule has 1 aliphatic rings. The summed E-state index contributed by atoms with van der Waals surface area (Å²) in [5.74, 6) is 0.928. The van der Waals surface area contributed by atoms with Crippen LogP contribution in [0.5, 0.6) is 0 Å². The first kappa shape index (κ1) is 15.1. The van der Waals surface area contributed by atoms with Crippen molar-refractivity contribution < 1.29 is 9.21 Å². The van der Waals surface area contributed by atoms with Gasteiger partial charge in [0.15, 0.2) is 0 Å². The maximum atomic E-state index is 12.9. The third-order valence-corrected chi connectivity index (χ3v) is 5.30. The van der Waals surface area contributed by atoms with Crippen molar-refractivity contribution in [2.45, 2.75) is 38.8 Å². The Morgan fingerprint density at radius 1 is 1.38 bits per heavy atom. The van der Waals surface area contributed by atoms with E-state index in [1.807, 2.05) is 27.1 Å². The Labute approximate surface area is 143 Å². The van der Waals surface area contributed by atoms with Crippen LogP contribution in [-0.4, -0.2) is 26.7 Å². The minimum atomic E-state index is 0.0557. The van der Waals surface area contributed by atoms with E-state index >= 15 is 0 Å². The SMILES string of the molecule is C[C@@H]1C[C@H](C)N(C(=O)Cc2csc(-c3ccoc3)n2)c2ccnn21. The highest BCUT2D eigenvalue weighted by atomic mass is 32.1. The second-order valence-corrected chi connectivity index (χ2v) is 7.02. The molecule has 0 aliphatic carbocycles. The van der Waals surface area contributed by atoms with Crippen LogP contribution in [0.15, 0.2) is 40.7 Å². The van der Waals surface area contributed by atoms with Crippen molar-refractivity contribution in [1.82, 2.24) is 14.8 Å². The topological polar surface area (TPSA) is 64.2 Å². The highest BCUT2D eigenvalue weighted by Crippen LogP contribution is 2.32. The van der Waals surface area contributed by atoms with Crippen molar-refractivity contribution in [2.75, 3.05) is 4.90 Å². The maximum Gasteiger partial charge on any atom is 0.234 e. The number of furan rings is 1. The third-order valence-electron chi connectivity index (χ3n) is 4.36. The molecule has 7 heteroatoms. The van der Waals surface area contributed by atoms with Gasteiger partial charge in [0.1, 0.15) is 17.1 Å². The Kier molecular flexibility index (Phi) is 3.72. The van der Waals surface area contributed by atoms with E-state index in [2.05, 4.69) is 23.9 Å². The monoisotopic (exact) mass is 342 g/mol. The number of hydrogen-bond donors (Lipinski definition) is 0. The molecule has 1 amide bonds. The van der Waals surface area contributed by atoms with Crippen LogP contribution in [0.2, 0.25) is 0 Å². The van der Waals surface area contributed by atoms with Gasteiger partial charge in [-0.25, -0.2) is 9.67 Å². The molecule has 0 unspecified atom stereocenters. The van der Waals surface area contributed by atoms with E-state index in [-0.39, 0.29) is 18.4 Å². The van der Waals surface area contributed by atoms with E-state index in [1.54, 1.807) is 18.7 Å². The van der Waals surface area contributed by atoms with Crippen LogP contribution >= 0.6 is 11.3 Å². The van der Waals surface area contributed by atoms with Crippen LogP contribution in [0, 0.1) is 0 Å². The van der Waals surface area contributed by atoms with Gasteiger partial charge in [-0.1, -0.05) is 0 Å². The van der Waals surface area contributed by atoms with Gasteiger partial charge in [0.25, 0.3) is 0 Å². The van der Waals surface area contributed by atoms with E-state index in [1.165, 1.54) is 11.3 Å². The van der Waals surface area contributed by atoms with Crippen molar-refractivity contribution in [3.05, 3.63) is 41.9 Å². The van der Waals surface area contributed by atoms with Gasteiger partial charge in [0, 0.05) is 23.1 Å². The van der Waals surface area contributed by atoms with Gasteiger partial charge in [-0.15, -0.1) is 11.3 Å². The fourth-order valence-corrected chi connectivity index (χ4v) is 4.09. The number of carbonyl (C=O) groups is 1. The van der Waals surface area contributed by atoms with Crippen LogP contribution in [0.25, 0.3) is 10.6 Å². The summed E-state index contributed by atoms with van der Waals surface area (Å²) in [6.45, 7) is 4.22. The summed E-state index contributed by atoms with van der Waals surface area (Å²) in [5, 5.41) is 7.16. The molecule has 0 N–H and O–H groups in total. The fraction of sp³-hybridized carbons (Fsp3) is 0.353. The Bertz CT molecular complexity index is 852. The van der Waals surface area contributed by atoms with Crippen LogP contribution in [0.1, 0.15) is 32.0 Å². The molecular formula is C17H18N4O2S. The van der Waals surface area contributed by atoms with Crippen molar-refractivity contribution >= 4 is 23.1 Å². The number of thiazole rings is 1. The molecule has 0 radical (unpaired) electrons. The summed E-state index contributed by atoms with van der Waals surface area (Å²) in [6, 6.07) is 4.24. The van der Waals surface area contributed by atoms with E-state index < -0.39 is 0 Å². The van der Waals surface area contributed by atoms with E-state index in [0.717, 1.165) is 28.5 Å². The minimum Gasteiger partial charge on any atom is -0.472 e. The molecule has 124 valence electrons. The molecule has 0 saturated carbocycles. The first-order chi connectivity index (χ1) is 11.6. The van der Waals surface area contributed by atoms with Crippen molar-refractivity contribution in [3.63, 3.8) is 0 Å². The zero-order chi connectivity index (χ0) is 16.7. The molecule has 4 rings (SSSR count). The molecule has 24 heavy (non-hydrogen) atoms. The minimum absolute atomic E-state index is 0.0557. The number of carbonyl (C=O) groups excluding carboxylic acids is 1. The second-order valence-electron chi connectivity index (χ2n) is 6.16. The highest BCUT2D eigenvalue weighted by molar-refractivity contribution is 7.13. The van der Waals surface area contributed by atoms with E-state index in [0.29, 0.717) is 6.04 Å². The number of aromatic nitrogens is 3. The average molecular weight is 342 g/mol. The van der Waals surface area contributed by atoms with Crippen molar-refractivity contribution in [3.8, 4) is 10.6 Å². The molecular weight excluding hydrogens is 324 g/mol. The Morgan fingerprint density at radius 3 is 3.04 bits per heavy atom. The summed E-state index contributed by atoms with van der Waals surface area (Å²) in [5.41, 5.74) is 1.73. The van der Waals surface area contributed by atoms with E-state index in [4.69, 9.17) is 4.42 Å². The second kappa shape index (κ2) is 5.90. The molecule has 0 bridgehead atoms. The van der Waals surface area contributed by atoms with Crippen molar-refractivity contribution in [2.24, 2.45) is 0 Å². The largest absolute Gasteiger partial charge is 0.472 e. The maximum absolute atomic E-state index is 12.9. The first-order valence-corrected chi connectivity index (χ1v) is 8.84. The van der Waals surface area contributed by atoms with Gasteiger partial charge < -0.3 is 4.42 Å².